The Labute approximate surface area is 133 Å². The number of carbonyl (C=O) groups is 2. The Morgan fingerprint density at radius 1 is 1.50 bits per heavy atom. The first kappa shape index (κ1) is 17.4. The first-order chi connectivity index (χ1) is 10.2. The van der Waals surface area contributed by atoms with Gasteiger partial charge in [0.25, 0.3) is 0 Å². The van der Waals surface area contributed by atoms with Crippen LogP contribution in [0, 0.1) is 17.3 Å². The fraction of sp³-hybridized carbons (Fsp3) is 0.882. The number of hydrogen-bond donors (Lipinski definition) is 3. The van der Waals surface area contributed by atoms with Crippen molar-refractivity contribution in [3.8, 4) is 0 Å². The number of rotatable bonds is 8. The molecule has 2 saturated carbocycles. The lowest BCUT2D eigenvalue weighted by atomic mass is 9.76. The van der Waals surface area contributed by atoms with E-state index < -0.39 is 12.0 Å². The zero-order chi connectivity index (χ0) is 16.5. The quantitative estimate of drug-likeness (QED) is 0.596. The molecule has 2 aliphatic carbocycles. The Balaban J connectivity index is 1.82. The lowest BCUT2D eigenvalue weighted by Crippen LogP contribution is -2.41. The number of carbonyl (C=O) groups excluding carboxylic acids is 1. The molecule has 4 unspecified atom stereocenters. The summed E-state index contributed by atoms with van der Waals surface area (Å²) in [7, 11) is 0. The van der Waals surface area contributed by atoms with Crippen molar-refractivity contribution in [3.63, 3.8) is 0 Å². The van der Waals surface area contributed by atoms with Gasteiger partial charge in [0.1, 0.15) is 6.29 Å². The molecular formula is C17H30N2O3. The van der Waals surface area contributed by atoms with Crippen molar-refractivity contribution in [1.82, 2.24) is 5.32 Å². The summed E-state index contributed by atoms with van der Waals surface area (Å²) in [5.41, 5.74) is 6.54. The van der Waals surface area contributed by atoms with E-state index >= 15 is 0 Å². The highest BCUT2D eigenvalue weighted by Gasteiger charge is 2.52. The van der Waals surface area contributed by atoms with Gasteiger partial charge in [-0.3, -0.25) is 4.79 Å². The highest BCUT2D eigenvalue weighted by atomic mass is 16.4. The predicted octanol–water partition coefficient (Wildman–Crippen LogP) is 1.94. The smallest absolute Gasteiger partial charge is 0.305 e. The second kappa shape index (κ2) is 6.28. The molecular weight excluding hydrogens is 280 g/mol. The van der Waals surface area contributed by atoms with Crippen LogP contribution in [0.1, 0.15) is 59.3 Å². The molecule has 0 aliphatic heterocycles. The Kier molecular flexibility index (Phi) is 4.97. The molecule has 0 saturated heterocycles. The zero-order valence-electron chi connectivity index (χ0n) is 14.0. The minimum absolute atomic E-state index is 0.0712. The van der Waals surface area contributed by atoms with Gasteiger partial charge in [0.2, 0.25) is 0 Å². The topological polar surface area (TPSA) is 92.4 Å². The molecule has 2 fully saturated rings. The molecule has 4 N–H and O–H groups in total. The van der Waals surface area contributed by atoms with Crippen molar-refractivity contribution in [2.45, 2.75) is 76.9 Å². The van der Waals surface area contributed by atoms with E-state index in [0.717, 1.165) is 25.2 Å². The summed E-state index contributed by atoms with van der Waals surface area (Å²) in [4.78, 5) is 21.7. The molecule has 0 amide bonds. The third kappa shape index (κ3) is 3.87. The maximum atomic E-state index is 10.9. The third-order valence-electron chi connectivity index (χ3n) is 5.95. The van der Waals surface area contributed by atoms with Crippen LogP contribution in [0.3, 0.4) is 0 Å². The van der Waals surface area contributed by atoms with Crippen LogP contribution < -0.4 is 11.1 Å². The van der Waals surface area contributed by atoms with Crippen molar-refractivity contribution in [2.24, 2.45) is 23.0 Å². The van der Waals surface area contributed by atoms with Crippen LogP contribution in [-0.4, -0.2) is 35.0 Å². The van der Waals surface area contributed by atoms with Gasteiger partial charge in [0.05, 0.1) is 12.5 Å². The monoisotopic (exact) mass is 310 g/mol. The number of carboxylic acid groups (broad SMARTS) is 1. The molecule has 0 aromatic heterocycles. The van der Waals surface area contributed by atoms with Gasteiger partial charge in [-0.05, 0) is 49.4 Å². The zero-order valence-corrected chi connectivity index (χ0v) is 14.0. The SMILES string of the molecule is CC1CCC(C)(C)C1CCC1(N)CC1N[C@H](C=O)CC(=O)O. The highest BCUT2D eigenvalue weighted by Crippen LogP contribution is 2.50. The summed E-state index contributed by atoms with van der Waals surface area (Å²) in [6.07, 6.45) is 5.97. The number of nitrogens with two attached hydrogens (primary N) is 1. The normalized spacial score (nSPS) is 37.7. The first-order valence-electron chi connectivity index (χ1n) is 8.40. The van der Waals surface area contributed by atoms with Gasteiger partial charge in [-0.15, -0.1) is 0 Å². The Morgan fingerprint density at radius 3 is 2.68 bits per heavy atom. The molecule has 0 spiro atoms. The van der Waals surface area contributed by atoms with Crippen molar-refractivity contribution >= 4 is 12.3 Å². The molecule has 0 heterocycles. The summed E-state index contributed by atoms with van der Waals surface area (Å²) >= 11 is 0. The third-order valence-corrected chi connectivity index (χ3v) is 5.95. The number of carboxylic acids is 1. The van der Waals surface area contributed by atoms with Crippen LogP contribution in [0.5, 0.6) is 0 Å². The molecule has 0 radical (unpaired) electrons. The van der Waals surface area contributed by atoms with Crippen LogP contribution in [0.4, 0.5) is 0 Å². The summed E-state index contributed by atoms with van der Waals surface area (Å²) in [5, 5.41) is 11.9. The van der Waals surface area contributed by atoms with E-state index in [0.29, 0.717) is 17.6 Å². The highest BCUT2D eigenvalue weighted by molar-refractivity contribution is 5.73. The van der Waals surface area contributed by atoms with Crippen LogP contribution >= 0.6 is 0 Å². The number of hydrogen-bond acceptors (Lipinski definition) is 4. The molecule has 126 valence electrons. The number of nitrogens with one attached hydrogen (secondary N) is 1. The minimum atomic E-state index is -0.964. The van der Waals surface area contributed by atoms with Gasteiger partial charge in [-0.25, -0.2) is 0 Å². The summed E-state index contributed by atoms with van der Waals surface area (Å²) in [6.45, 7) is 7.03. The van der Waals surface area contributed by atoms with Crippen LogP contribution in [0.15, 0.2) is 0 Å². The van der Waals surface area contributed by atoms with Gasteiger partial charge >= 0.3 is 5.97 Å². The maximum Gasteiger partial charge on any atom is 0.305 e. The Morgan fingerprint density at radius 2 is 2.18 bits per heavy atom. The fourth-order valence-electron chi connectivity index (χ4n) is 4.27. The van der Waals surface area contributed by atoms with Gasteiger partial charge in [0.15, 0.2) is 0 Å². The second-order valence-electron chi connectivity index (χ2n) is 8.15. The summed E-state index contributed by atoms with van der Waals surface area (Å²) in [5.74, 6) is 0.489. The fourth-order valence-corrected chi connectivity index (χ4v) is 4.27. The van der Waals surface area contributed by atoms with E-state index in [1.807, 2.05) is 0 Å². The van der Waals surface area contributed by atoms with E-state index in [1.54, 1.807) is 0 Å². The molecule has 5 nitrogen and oxygen atoms in total. The lowest BCUT2D eigenvalue weighted by Gasteiger charge is -2.30. The summed E-state index contributed by atoms with van der Waals surface area (Å²) < 4.78 is 0. The van der Waals surface area contributed by atoms with Crippen molar-refractivity contribution in [3.05, 3.63) is 0 Å². The van der Waals surface area contributed by atoms with Crippen molar-refractivity contribution < 1.29 is 14.7 Å². The first-order valence-corrected chi connectivity index (χ1v) is 8.40. The molecule has 2 rings (SSSR count). The van der Waals surface area contributed by atoms with E-state index in [9.17, 15) is 9.59 Å². The van der Waals surface area contributed by atoms with Gasteiger partial charge in [-0.2, -0.15) is 0 Å². The molecule has 22 heavy (non-hydrogen) atoms. The van der Waals surface area contributed by atoms with E-state index in [1.165, 1.54) is 12.8 Å². The van der Waals surface area contributed by atoms with E-state index in [4.69, 9.17) is 10.8 Å². The van der Waals surface area contributed by atoms with Crippen LogP contribution in [0.25, 0.3) is 0 Å². The van der Waals surface area contributed by atoms with Gasteiger partial charge in [0, 0.05) is 11.6 Å². The van der Waals surface area contributed by atoms with E-state index in [2.05, 4.69) is 26.1 Å². The standard InChI is InChI=1S/C17H30N2O3/c1-11-4-6-16(2,3)13(11)5-7-17(18)9-14(17)19-12(10-20)8-15(21)22/h10-14,19H,4-9,18H2,1-3H3,(H,21,22)/t11?,12-,13?,14?,17?/m0/s1. The second-order valence-corrected chi connectivity index (χ2v) is 8.15. The maximum absolute atomic E-state index is 10.9. The van der Waals surface area contributed by atoms with Gasteiger partial charge < -0.3 is 21.0 Å². The molecule has 2 aliphatic rings. The summed E-state index contributed by atoms with van der Waals surface area (Å²) in [6, 6.07) is -0.559. The van der Waals surface area contributed by atoms with E-state index in [-0.39, 0.29) is 18.0 Å². The molecule has 5 heteroatoms. The lowest BCUT2D eigenvalue weighted by molar-refractivity contribution is -0.138. The number of aldehydes is 1. The Hall–Kier alpha value is -0.940. The number of aliphatic carboxylic acids is 1. The van der Waals surface area contributed by atoms with Crippen molar-refractivity contribution in [2.75, 3.05) is 0 Å². The average Bonchev–Trinajstić information content (AvgIpc) is 2.96. The molecule has 0 bridgehead atoms. The van der Waals surface area contributed by atoms with Crippen LogP contribution in [-0.2, 0) is 9.59 Å². The van der Waals surface area contributed by atoms with Gasteiger partial charge in [-0.1, -0.05) is 20.8 Å². The molecule has 5 atom stereocenters. The van der Waals surface area contributed by atoms with Crippen LogP contribution in [0.2, 0.25) is 0 Å². The minimum Gasteiger partial charge on any atom is -0.481 e. The van der Waals surface area contributed by atoms with Crippen molar-refractivity contribution in [1.29, 1.82) is 0 Å². The average molecular weight is 310 g/mol. The predicted molar refractivity (Wildman–Crippen MR) is 85.5 cm³/mol. The Bertz CT molecular complexity index is 438. The molecule has 0 aromatic carbocycles. The molecule has 0 aromatic rings. The largest absolute Gasteiger partial charge is 0.481 e.